The highest BCUT2D eigenvalue weighted by Gasteiger charge is 2.32. The van der Waals surface area contributed by atoms with E-state index in [1.54, 1.807) is 0 Å². The van der Waals surface area contributed by atoms with E-state index in [0.717, 1.165) is 27.8 Å². The van der Waals surface area contributed by atoms with E-state index in [9.17, 15) is 19.2 Å². The summed E-state index contributed by atoms with van der Waals surface area (Å²) in [4.78, 5) is 58.6. The number of esters is 1. The van der Waals surface area contributed by atoms with Gasteiger partial charge in [-0.15, -0.1) is 0 Å². The second-order valence-electron chi connectivity index (χ2n) is 11.4. The van der Waals surface area contributed by atoms with Gasteiger partial charge < -0.3 is 31.1 Å². The van der Waals surface area contributed by atoms with Gasteiger partial charge in [-0.05, 0) is 47.1 Å². The van der Waals surface area contributed by atoms with E-state index in [1.807, 2.05) is 72.8 Å². The molecule has 3 atom stereocenters. The molecule has 3 aromatic carbocycles. The Labute approximate surface area is 269 Å². The smallest absolute Gasteiger partial charge is 0.328 e. The number of carbonyl (C=O) groups is 5. The van der Waals surface area contributed by atoms with Gasteiger partial charge in [0.1, 0.15) is 6.04 Å². The van der Waals surface area contributed by atoms with Crippen molar-refractivity contribution in [1.82, 2.24) is 21.3 Å². The summed E-state index contributed by atoms with van der Waals surface area (Å²) in [5, 5.41) is 20.4. The molecule has 0 aromatic heterocycles. The first-order chi connectivity index (χ1) is 22.2. The maximum atomic E-state index is 13.3. The van der Waals surface area contributed by atoms with Gasteiger partial charge in [0.2, 0.25) is 17.7 Å². The van der Waals surface area contributed by atoms with E-state index < -0.39 is 24.0 Å². The van der Waals surface area contributed by atoms with Crippen molar-refractivity contribution in [2.24, 2.45) is 11.8 Å². The third kappa shape index (κ3) is 12.0. The average Bonchev–Trinajstić information content (AvgIpc) is 3.76. The predicted molar refractivity (Wildman–Crippen MR) is 175 cm³/mol. The standard InChI is InChI=1S/C30H34N4O5.C4H8.CH2O2/c1-39-30(38)26(17-23-14-15-31-28(23)36)34-27(35)19-33-29(37)25(32-18-20-8-3-2-4-9-20)16-22-12-7-11-21-10-5-6-13-24(21)22;1-4-2-3-4;2-1-3/h2-13,23,25-26,32H,14-19H2,1H3,(H,31,36)(H,33,37)(H,34,35);4H,2-3H2,1H3;1H,(H,2,3). The van der Waals surface area contributed by atoms with Gasteiger partial charge in [-0.2, -0.15) is 0 Å². The lowest BCUT2D eigenvalue weighted by atomic mass is 9.98. The monoisotopic (exact) mass is 632 g/mol. The third-order valence-electron chi connectivity index (χ3n) is 7.81. The van der Waals surface area contributed by atoms with E-state index in [0.29, 0.717) is 25.9 Å². The maximum absolute atomic E-state index is 13.3. The number of benzene rings is 3. The minimum absolute atomic E-state index is 0.139. The molecule has 0 bridgehead atoms. The Bertz CT molecular complexity index is 1440. The first kappa shape index (κ1) is 35.7. The van der Waals surface area contributed by atoms with E-state index >= 15 is 0 Å². The fourth-order valence-corrected chi connectivity index (χ4v) is 5.00. The fraction of sp³-hybridized carbons (Fsp3) is 0.400. The zero-order chi connectivity index (χ0) is 33.3. The fourth-order valence-electron chi connectivity index (χ4n) is 5.00. The minimum Gasteiger partial charge on any atom is -0.483 e. The van der Waals surface area contributed by atoms with Crippen LogP contribution in [0.2, 0.25) is 0 Å². The summed E-state index contributed by atoms with van der Waals surface area (Å²) in [7, 11) is 1.23. The van der Waals surface area contributed by atoms with Crippen LogP contribution in [0.3, 0.4) is 0 Å². The summed E-state index contributed by atoms with van der Waals surface area (Å²) in [6.07, 6.45) is 4.12. The summed E-state index contributed by atoms with van der Waals surface area (Å²) < 4.78 is 4.82. The van der Waals surface area contributed by atoms with E-state index in [2.05, 4.69) is 28.2 Å². The van der Waals surface area contributed by atoms with Gasteiger partial charge in [0, 0.05) is 19.0 Å². The van der Waals surface area contributed by atoms with Crippen LogP contribution in [0.5, 0.6) is 0 Å². The first-order valence-electron chi connectivity index (χ1n) is 15.5. The zero-order valence-electron chi connectivity index (χ0n) is 26.4. The summed E-state index contributed by atoms with van der Waals surface area (Å²) in [6.45, 7) is 2.72. The van der Waals surface area contributed by atoms with Crippen LogP contribution in [0, 0.1) is 11.8 Å². The van der Waals surface area contributed by atoms with E-state index in [-0.39, 0.29) is 37.2 Å². The van der Waals surface area contributed by atoms with Gasteiger partial charge in [0.25, 0.3) is 6.47 Å². The molecular formula is C35H44N4O7. The Morgan fingerprint density at radius 1 is 0.978 bits per heavy atom. The van der Waals surface area contributed by atoms with Crippen molar-refractivity contribution < 1.29 is 33.8 Å². The molecule has 2 fully saturated rings. The summed E-state index contributed by atoms with van der Waals surface area (Å²) in [5.74, 6) is -0.945. The number of carbonyl (C=O) groups excluding carboxylic acids is 4. The predicted octanol–water partition coefficient (Wildman–Crippen LogP) is 2.96. The second-order valence-corrected chi connectivity index (χ2v) is 11.4. The highest BCUT2D eigenvalue weighted by Crippen LogP contribution is 2.26. The number of hydrogen-bond acceptors (Lipinski definition) is 7. The lowest BCUT2D eigenvalue weighted by Crippen LogP contribution is -2.50. The van der Waals surface area contributed by atoms with Crippen LogP contribution < -0.4 is 21.3 Å². The van der Waals surface area contributed by atoms with Crippen LogP contribution in [-0.2, 0) is 41.7 Å². The molecule has 0 spiro atoms. The van der Waals surface area contributed by atoms with Gasteiger partial charge in [-0.3, -0.25) is 19.2 Å². The quantitative estimate of drug-likeness (QED) is 0.150. The Morgan fingerprint density at radius 2 is 1.63 bits per heavy atom. The van der Waals surface area contributed by atoms with E-state index in [4.69, 9.17) is 14.6 Å². The van der Waals surface area contributed by atoms with Crippen LogP contribution in [0.25, 0.3) is 10.8 Å². The molecule has 1 aliphatic heterocycles. The van der Waals surface area contributed by atoms with Crippen LogP contribution in [0.4, 0.5) is 0 Å². The third-order valence-corrected chi connectivity index (χ3v) is 7.81. The summed E-state index contributed by atoms with van der Waals surface area (Å²) >= 11 is 0. The SMILES string of the molecule is CC1CC1.COC(=O)C(CC1CCNC1=O)NC(=O)CNC(=O)C(Cc1cccc2ccccc12)NCc1ccccc1.O=CO. The molecule has 1 saturated heterocycles. The van der Waals surface area contributed by atoms with Crippen molar-refractivity contribution in [3.05, 3.63) is 83.9 Å². The van der Waals surface area contributed by atoms with Crippen molar-refractivity contribution in [1.29, 1.82) is 0 Å². The highest BCUT2D eigenvalue weighted by atomic mass is 16.5. The highest BCUT2D eigenvalue weighted by molar-refractivity contribution is 5.91. The molecule has 11 heteroatoms. The number of nitrogens with one attached hydrogen (secondary N) is 4. The topological polar surface area (TPSA) is 163 Å². The molecule has 246 valence electrons. The molecule has 3 amide bonds. The van der Waals surface area contributed by atoms with Crippen molar-refractivity contribution in [2.45, 2.75) is 57.7 Å². The molecule has 46 heavy (non-hydrogen) atoms. The molecule has 5 N–H and O–H groups in total. The van der Waals surface area contributed by atoms with Crippen LogP contribution in [0.1, 0.15) is 43.7 Å². The number of methoxy groups -OCH3 is 1. The Morgan fingerprint density at radius 3 is 2.26 bits per heavy atom. The Hall–Kier alpha value is -4.77. The maximum Gasteiger partial charge on any atom is 0.328 e. The molecule has 0 radical (unpaired) electrons. The van der Waals surface area contributed by atoms with Gasteiger partial charge in [-0.25, -0.2) is 4.79 Å². The molecule has 3 unspecified atom stereocenters. The molecule has 5 rings (SSSR count). The van der Waals surface area contributed by atoms with Gasteiger partial charge >= 0.3 is 5.97 Å². The van der Waals surface area contributed by atoms with Gasteiger partial charge in [0.05, 0.1) is 19.7 Å². The number of hydrogen-bond donors (Lipinski definition) is 5. The van der Waals surface area contributed by atoms with Gasteiger partial charge in [-0.1, -0.05) is 92.6 Å². The molecule has 3 aromatic rings. The van der Waals surface area contributed by atoms with Crippen LogP contribution in [-0.4, -0.2) is 67.6 Å². The molecule has 2 aliphatic rings. The molecule has 1 heterocycles. The number of ether oxygens (including phenoxy) is 1. The average molecular weight is 633 g/mol. The number of amides is 3. The second kappa shape index (κ2) is 18.9. The normalized spacial score (nSPS) is 16.3. The van der Waals surface area contributed by atoms with Crippen molar-refractivity contribution in [3.8, 4) is 0 Å². The van der Waals surface area contributed by atoms with Crippen molar-refractivity contribution in [2.75, 3.05) is 20.2 Å². The largest absolute Gasteiger partial charge is 0.483 e. The van der Waals surface area contributed by atoms with Crippen LogP contribution >= 0.6 is 0 Å². The molecule has 1 aliphatic carbocycles. The molecule has 11 nitrogen and oxygen atoms in total. The number of carboxylic acid groups (broad SMARTS) is 1. The summed E-state index contributed by atoms with van der Waals surface area (Å²) in [6, 6.07) is 22.2. The first-order valence-corrected chi connectivity index (χ1v) is 15.5. The van der Waals surface area contributed by atoms with E-state index in [1.165, 1.54) is 20.0 Å². The minimum atomic E-state index is -0.976. The number of fused-ring (bicyclic) bond motifs is 1. The van der Waals surface area contributed by atoms with Crippen molar-refractivity contribution in [3.63, 3.8) is 0 Å². The lowest BCUT2D eigenvalue weighted by molar-refractivity contribution is -0.145. The Balaban J connectivity index is 0.000000737. The van der Waals surface area contributed by atoms with Crippen molar-refractivity contribution >= 4 is 40.9 Å². The molecular weight excluding hydrogens is 588 g/mol. The van der Waals surface area contributed by atoms with Gasteiger partial charge in [0.15, 0.2) is 0 Å². The lowest BCUT2D eigenvalue weighted by Gasteiger charge is -2.21. The molecule has 1 saturated carbocycles. The van der Waals surface area contributed by atoms with Crippen LogP contribution in [0.15, 0.2) is 72.8 Å². The Kier molecular flexibility index (Phi) is 14.7. The number of rotatable bonds is 12. The summed E-state index contributed by atoms with van der Waals surface area (Å²) in [5.41, 5.74) is 2.04. The zero-order valence-corrected chi connectivity index (χ0v) is 26.4.